The maximum atomic E-state index is 9.34. The van der Waals surface area contributed by atoms with Crippen molar-refractivity contribution in [2.45, 2.75) is 106 Å². The van der Waals surface area contributed by atoms with Crippen molar-refractivity contribution in [3.05, 3.63) is 125 Å². The van der Waals surface area contributed by atoms with Gasteiger partial charge in [0.25, 0.3) is 0 Å². The molecule has 4 aromatic rings. The SMILES string of the molecule is CC.CC.CC(C)O.COc1ccc(C(C)(C)c2ccc(C(C)C)cc2)cc1.COc1ccc(C(C)(C)c2ccc(O)cc2)cc1.CSC. The summed E-state index contributed by atoms with van der Waals surface area (Å²) in [5.41, 5.74) is 6.32. The van der Waals surface area contributed by atoms with Gasteiger partial charge in [-0.25, -0.2) is 0 Å². The van der Waals surface area contributed by atoms with Gasteiger partial charge in [0.2, 0.25) is 0 Å². The number of aliphatic hydroxyl groups excluding tert-OH is 1. The molecule has 0 heterocycles. The van der Waals surface area contributed by atoms with Crippen LogP contribution in [0.2, 0.25) is 0 Å². The van der Waals surface area contributed by atoms with Gasteiger partial charge in [0.1, 0.15) is 17.2 Å². The van der Waals surface area contributed by atoms with E-state index in [-0.39, 0.29) is 16.9 Å². The lowest BCUT2D eigenvalue weighted by Crippen LogP contribution is -2.18. The van der Waals surface area contributed by atoms with Crippen LogP contribution in [0.5, 0.6) is 17.2 Å². The van der Waals surface area contributed by atoms with Crippen LogP contribution in [-0.2, 0) is 10.8 Å². The van der Waals surface area contributed by atoms with Crippen LogP contribution in [0.3, 0.4) is 0 Å². The van der Waals surface area contributed by atoms with Gasteiger partial charge >= 0.3 is 0 Å². The van der Waals surface area contributed by atoms with Crippen molar-refractivity contribution >= 4 is 11.8 Å². The number of hydrogen-bond acceptors (Lipinski definition) is 5. The standard InChI is InChI=1S/C19H24O.C16H18O2.C3H8O.C2H6S.2C2H6/c1-14(2)15-6-8-16(9-7-15)19(3,4)17-10-12-18(20-5)13-11-17;1-16(2,12-4-8-14(17)9-5-12)13-6-10-15(18-3)11-7-13;1-3(2)4;1-3-2;2*1-2/h6-14H,1-5H3;4-11,17H,1-3H3;3-4H,1-2H3;1-2H3;2*1-2H3. The molecule has 274 valence electrons. The van der Waals surface area contributed by atoms with Gasteiger partial charge in [-0.05, 0) is 96.5 Å². The molecule has 0 aliphatic rings. The number of methoxy groups -OCH3 is 2. The summed E-state index contributed by atoms with van der Waals surface area (Å²) in [7, 11) is 3.37. The zero-order valence-electron chi connectivity index (χ0n) is 33.5. The molecule has 0 saturated heterocycles. The quantitative estimate of drug-likeness (QED) is 0.202. The molecule has 4 rings (SSSR count). The molecule has 0 spiro atoms. The third-order valence-corrected chi connectivity index (χ3v) is 7.51. The minimum Gasteiger partial charge on any atom is -0.508 e. The van der Waals surface area contributed by atoms with E-state index in [4.69, 9.17) is 14.6 Å². The molecule has 0 aromatic heterocycles. The van der Waals surface area contributed by atoms with Crippen LogP contribution in [0.15, 0.2) is 97.1 Å². The average Bonchev–Trinajstić information content (AvgIpc) is 3.10. The Bertz CT molecular complexity index is 1340. The molecule has 0 saturated carbocycles. The number of phenolic OH excluding ortho intramolecular Hbond substituents is 1. The Kier molecular flexibility index (Phi) is 24.9. The first-order valence-corrected chi connectivity index (χ1v) is 19.0. The second kappa shape index (κ2) is 25.5. The topological polar surface area (TPSA) is 58.9 Å². The summed E-state index contributed by atoms with van der Waals surface area (Å²) < 4.78 is 10.4. The molecule has 0 aliphatic heterocycles. The van der Waals surface area contributed by atoms with Crippen molar-refractivity contribution in [2.24, 2.45) is 0 Å². The molecule has 2 N–H and O–H groups in total. The molecule has 0 unspecified atom stereocenters. The van der Waals surface area contributed by atoms with Crippen molar-refractivity contribution < 1.29 is 19.7 Å². The van der Waals surface area contributed by atoms with Gasteiger partial charge < -0.3 is 19.7 Å². The highest BCUT2D eigenvalue weighted by molar-refractivity contribution is 7.97. The minimum absolute atomic E-state index is 0.00177. The monoisotopic (exact) mass is 692 g/mol. The summed E-state index contributed by atoms with van der Waals surface area (Å²) in [5.74, 6) is 2.64. The van der Waals surface area contributed by atoms with E-state index in [1.165, 1.54) is 27.8 Å². The van der Waals surface area contributed by atoms with E-state index in [0.717, 1.165) is 11.5 Å². The Labute approximate surface area is 305 Å². The van der Waals surface area contributed by atoms with E-state index in [1.54, 1.807) is 52.0 Å². The van der Waals surface area contributed by atoms with Gasteiger partial charge in [0.15, 0.2) is 0 Å². The summed E-state index contributed by atoms with van der Waals surface area (Å²) in [5, 5.41) is 17.4. The third-order valence-electron chi connectivity index (χ3n) is 7.51. The number of aliphatic hydroxyl groups is 1. The molecule has 0 aliphatic carbocycles. The fourth-order valence-electron chi connectivity index (χ4n) is 4.51. The maximum Gasteiger partial charge on any atom is 0.118 e. The molecule has 4 nitrogen and oxygen atoms in total. The number of ether oxygens (including phenoxy) is 2. The Morgan fingerprint density at radius 1 is 0.510 bits per heavy atom. The molecule has 0 radical (unpaired) electrons. The average molecular weight is 693 g/mol. The molecule has 49 heavy (non-hydrogen) atoms. The Balaban J connectivity index is 0. The van der Waals surface area contributed by atoms with E-state index >= 15 is 0 Å². The fraction of sp³-hybridized carbons (Fsp3) is 0.455. The number of aromatic hydroxyl groups is 1. The second-order valence-corrected chi connectivity index (χ2v) is 13.3. The van der Waals surface area contributed by atoms with Crippen LogP contribution < -0.4 is 9.47 Å². The largest absolute Gasteiger partial charge is 0.508 e. The number of benzene rings is 4. The fourth-order valence-corrected chi connectivity index (χ4v) is 4.51. The van der Waals surface area contributed by atoms with Gasteiger partial charge in [-0.15, -0.1) is 0 Å². The highest BCUT2D eigenvalue weighted by Gasteiger charge is 2.24. The number of hydrogen-bond donors (Lipinski definition) is 2. The van der Waals surface area contributed by atoms with Gasteiger partial charge in [-0.2, -0.15) is 11.8 Å². The zero-order chi connectivity index (χ0) is 38.2. The van der Waals surface area contributed by atoms with Crippen LogP contribution in [-0.4, -0.2) is 43.0 Å². The number of rotatable bonds is 7. The van der Waals surface area contributed by atoms with Crippen molar-refractivity contribution in [3.63, 3.8) is 0 Å². The normalized spacial score (nSPS) is 10.3. The van der Waals surface area contributed by atoms with Gasteiger partial charge in [0, 0.05) is 16.9 Å². The van der Waals surface area contributed by atoms with Crippen LogP contribution in [0.1, 0.15) is 117 Å². The van der Waals surface area contributed by atoms with Crippen LogP contribution >= 0.6 is 11.8 Å². The van der Waals surface area contributed by atoms with Crippen molar-refractivity contribution in [3.8, 4) is 17.2 Å². The van der Waals surface area contributed by atoms with E-state index in [9.17, 15) is 5.11 Å². The molecule has 0 atom stereocenters. The Morgan fingerprint density at radius 2 is 0.735 bits per heavy atom. The number of thioether (sulfide) groups is 1. The second-order valence-electron chi connectivity index (χ2n) is 12.5. The van der Waals surface area contributed by atoms with Crippen LogP contribution in [0, 0.1) is 0 Å². The first kappa shape index (κ1) is 47.7. The predicted octanol–water partition coefficient (Wildman–Crippen LogP) is 12.3. The molecular weight excluding hydrogens is 625 g/mol. The Hall–Kier alpha value is -3.41. The highest BCUT2D eigenvalue weighted by atomic mass is 32.2. The molecule has 5 heteroatoms. The summed E-state index contributed by atoms with van der Waals surface area (Å²) >= 11 is 1.75. The van der Waals surface area contributed by atoms with Gasteiger partial charge in [-0.1, -0.05) is 130 Å². The highest BCUT2D eigenvalue weighted by Crippen LogP contribution is 2.34. The summed E-state index contributed by atoms with van der Waals surface area (Å²) in [6.45, 7) is 24.8. The van der Waals surface area contributed by atoms with Crippen LogP contribution in [0.25, 0.3) is 0 Å². The third kappa shape index (κ3) is 17.2. The molecule has 0 fully saturated rings. The lowest BCUT2D eigenvalue weighted by Gasteiger charge is -2.26. The predicted molar refractivity (Wildman–Crippen MR) is 218 cm³/mol. The lowest BCUT2D eigenvalue weighted by atomic mass is 9.77. The molecule has 0 amide bonds. The first-order valence-electron chi connectivity index (χ1n) is 17.4. The molecule has 4 aromatic carbocycles. The number of phenols is 1. The van der Waals surface area contributed by atoms with Crippen molar-refractivity contribution in [1.29, 1.82) is 0 Å². The summed E-state index contributed by atoms with van der Waals surface area (Å²) in [6, 6.07) is 32.8. The van der Waals surface area contributed by atoms with E-state index in [0.29, 0.717) is 11.7 Å². The summed E-state index contributed by atoms with van der Waals surface area (Å²) in [4.78, 5) is 0. The van der Waals surface area contributed by atoms with Gasteiger partial charge in [-0.3, -0.25) is 0 Å². The molecular formula is C44H68O4S. The zero-order valence-corrected chi connectivity index (χ0v) is 34.3. The maximum absolute atomic E-state index is 9.34. The van der Waals surface area contributed by atoms with E-state index < -0.39 is 0 Å². The van der Waals surface area contributed by atoms with Crippen molar-refractivity contribution in [1.82, 2.24) is 0 Å². The summed E-state index contributed by atoms with van der Waals surface area (Å²) in [6.07, 6.45) is 3.92. The lowest BCUT2D eigenvalue weighted by molar-refractivity contribution is 0.216. The molecule has 0 bridgehead atoms. The smallest absolute Gasteiger partial charge is 0.118 e. The van der Waals surface area contributed by atoms with Crippen molar-refractivity contribution in [2.75, 3.05) is 26.7 Å². The van der Waals surface area contributed by atoms with E-state index in [2.05, 4.69) is 90.1 Å². The minimum atomic E-state index is -0.167. The Morgan fingerprint density at radius 3 is 0.959 bits per heavy atom. The first-order chi connectivity index (χ1) is 23.1. The van der Waals surface area contributed by atoms with Gasteiger partial charge in [0.05, 0.1) is 14.2 Å². The van der Waals surface area contributed by atoms with Crippen LogP contribution in [0.4, 0.5) is 0 Å². The van der Waals surface area contributed by atoms with E-state index in [1.807, 2.05) is 76.6 Å².